The monoisotopic (exact) mass is 199 g/mol. The highest BCUT2D eigenvalue weighted by Gasteiger charge is 2.42. The van der Waals surface area contributed by atoms with Crippen molar-refractivity contribution in [3.05, 3.63) is 0 Å². The Balaban J connectivity index is 1.79. The highest BCUT2D eigenvalue weighted by molar-refractivity contribution is 6.01. The Morgan fingerprint density at radius 3 is 2.93 bits per heavy atom. The van der Waals surface area contributed by atoms with E-state index in [4.69, 9.17) is 9.84 Å². The molecule has 2 heterocycles. The Labute approximate surface area is 81.6 Å². The molecule has 2 rings (SSSR count). The smallest absolute Gasteiger partial charge is 0.317 e. The normalized spacial score (nSPS) is 31.7. The van der Waals surface area contributed by atoms with E-state index >= 15 is 0 Å². The van der Waals surface area contributed by atoms with Crippen LogP contribution in [-0.2, 0) is 14.3 Å². The Kier molecular flexibility index (Phi) is 2.41. The molecular formula is C9H13NO4. The second kappa shape index (κ2) is 3.57. The number of likely N-dealkylation sites (tertiary alicyclic amines) is 1. The number of amides is 1. The molecule has 2 fully saturated rings. The second-order valence-electron chi connectivity index (χ2n) is 3.77. The minimum Gasteiger partial charge on any atom is -0.481 e. The van der Waals surface area contributed by atoms with Crippen LogP contribution in [0, 0.1) is 5.92 Å². The zero-order valence-electron chi connectivity index (χ0n) is 7.81. The van der Waals surface area contributed by atoms with Crippen molar-refractivity contribution in [3.63, 3.8) is 0 Å². The van der Waals surface area contributed by atoms with Gasteiger partial charge in [0, 0.05) is 19.7 Å². The average molecular weight is 199 g/mol. The summed E-state index contributed by atoms with van der Waals surface area (Å²) < 4.78 is 5.36. The molecule has 0 radical (unpaired) electrons. The number of nitrogens with zero attached hydrogens (tertiary/aromatic N) is 1. The molecule has 2 unspecified atom stereocenters. The first-order chi connectivity index (χ1) is 6.68. The first-order valence-electron chi connectivity index (χ1n) is 4.81. The van der Waals surface area contributed by atoms with E-state index in [9.17, 15) is 9.59 Å². The summed E-state index contributed by atoms with van der Waals surface area (Å²) in [6.45, 7) is 1.66. The summed E-state index contributed by atoms with van der Waals surface area (Å²) >= 11 is 0. The van der Waals surface area contributed by atoms with Gasteiger partial charge in [-0.25, -0.2) is 0 Å². The molecular weight excluding hydrogens is 186 g/mol. The van der Waals surface area contributed by atoms with Gasteiger partial charge in [-0.1, -0.05) is 0 Å². The molecule has 1 amide bonds. The minimum absolute atomic E-state index is 0.119. The van der Waals surface area contributed by atoms with Crippen molar-refractivity contribution < 1.29 is 19.4 Å². The summed E-state index contributed by atoms with van der Waals surface area (Å²) in [4.78, 5) is 23.3. The van der Waals surface area contributed by atoms with E-state index in [1.54, 1.807) is 4.90 Å². The van der Waals surface area contributed by atoms with Gasteiger partial charge in [-0.15, -0.1) is 0 Å². The summed E-state index contributed by atoms with van der Waals surface area (Å²) in [7, 11) is 0. The lowest BCUT2D eigenvalue weighted by Crippen LogP contribution is -2.57. The van der Waals surface area contributed by atoms with Gasteiger partial charge in [0.2, 0.25) is 5.91 Å². The van der Waals surface area contributed by atoms with Gasteiger partial charge in [0.15, 0.2) is 5.92 Å². The molecule has 2 atom stereocenters. The first kappa shape index (κ1) is 9.45. The van der Waals surface area contributed by atoms with Crippen LogP contribution in [0.2, 0.25) is 0 Å². The van der Waals surface area contributed by atoms with Crippen molar-refractivity contribution in [2.75, 3.05) is 19.7 Å². The fourth-order valence-corrected chi connectivity index (χ4v) is 1.88. The van der Waals surface area contributed by atoms with Crippen molar-refractivity contribution in [2.45, 2.75) is 18.9 Å². The molecule has 14 heavy (non-hydrogen) atoms. The third-order valence-corrected chi connectivity index (χ3v) is 2.76. The van der Waals surface area contributed by atoms with Crippen LogP contribution in [0.5, 0.6) is 0 Å². The summed E-state index contributed by atoms with van der Waals surface area (Å²) in [6, 6.07) is 0. The molecule has 0 aliphatic carbocycles. The van der Waals surface area contributed by atoms with Gasteiger partial charge in [-0.3, -0.25) is 9.59 Å². The number of carbonyl (C=O) groups excluding carboxylic acids is 1. The molecule has 2 aliphatic rings. The van der Waals surface area contributed by atoms with Crippen molar-refractivity contribution in [2.24, 2.45) is 5.92 Å². The van der Waals surface area contributed by atoms with Crippen LogP contribution in [0.4, 0.5) is 0 Å². The minimum atomic E-state index is -1.02. The van der Waals surface area contributed by atoms with Gasteiger partial charge in [0.05, 0.1) is 6.10 Å². The number of carbonyl (C=O) groups is 2. The van der Waals surface area contributed by atoms with Crippen molar-refractivity contribution in [3.8, 4) is 0 Å². The van der Waals surface area contributed by atoms with Gasteiger partial charge >= 0.3 is 5.97 Å². The van der Waals surface area contributed by atoms with Crippen molar-refractivity contribution >= 4 is 11.9 Å². The Morgan fingerprint density at radius 1 is 1.64 bits per heavy atom. The molecule has 0 spiro atoms. The maximum Gasteiger partial charge on any atom is 0.317 e. The van der Waals surface area contributed by atoms with Gasteiger partial charge in [0.25, 0.3) is 0 Å². The summed E-state index contributed by atoms with van der Waals surface area (Å²) in [5.41, 5.74) is 0. The van der Waals surface area contributed by atoms with Crippen LogP contribution in [-0.4, -0.2) is 47.7 Å². The topological polar surface area (TPSA) is 66.8 Å². The number of rotatable bonds is 3. The number of carboxylic acids is 1. The lowest BCUT2D eigenvalue weighted by atomic mass is 9.98. The van der Waals surface area contributed by atoms with E-state index in [1.165, 1.54) is 0 Å². The number of β-lactam (4-membered cyclic amide) rings is 1. The fourth-order valence-electron chi connectivity index (χ4n) is 1.88. The molecule has 0 saturated carbocycles. The molecule has 0 aromatic rings. The third-order valence-electron chi connectivity index (χ3n) is 2.76. The van der Waals surface area contributed by atoms with Gasteiger partial charge in [0.1, 0.15) is 0 Å². The van der Waals surface area contributed by atoms with Crippen molar-refractivity contribution in [1.29, 1.82) is 0 Å². The quantitative estimate of drug-likeness (QED) is 0.501. The van der Waals surface area contributed by atoms with Crippen LogP contribution < -0.4 is 0 Å². The predicted octanol–water partition coefficient (Wildman–Crippen LogP) is -0.292. The highest BCUT2D eigenvalue weighted by atomic mass is 16.5. The highest BCUT2D eigenvalue weighted by Crippen LogP contribution is 2.21. The third kappa shape index (κ3) is 1.59. The zero-order valence-corrected chi connectivity index (χ0v) is 7.81. The molecule has 0 aromatic heterocycles. The fraction of sp³-hybridized carbons (Fsp3) is 0.778. The number of hydrogen-bond donors (Lipinski definition) is 1. The van der Waals surface area contributed by atoms with E-state index in [-0.39, 0.29) is 12.0 Å². The Bertz CT molecular complexity index is 260. The van der Waals surface area contributed by atoms with E-state index < -0.39 is 11.9 Å². The van der Waals surface area contributed by atoms with Crippen LogP contribution in [0.3, 0.4) is 0 Å². The molecule has 78 valence electrons. The van der Waals surface area contributed by atoms with Crippen LogP contribution >= 0.6 is 0 Å². The van der Waals surface area contributed by atoms with Crippen molar-refractivity contribution in [1.82, 2.24) is 4.90 Å². The lowest BCUT2D eigenvalue weighted by molar-refractivity contribution is -0.163. The molecule has 5 heteroatoms. The first-order valence-corrected chi connectivity index (χ1v) is 4.81. The van der Waals surface area contributed by atoms with E-state index in [1.807, 2.05) is 0 Å². The number of aliphatic carboxylic acids is 1. The number of carboxylic acid groups (broad SMARTS) is 1. The predicted molar refractivity (Wildman–Crippen MR) is 46.7 cm³/mol. The number of ether oxygens (including phenoxy) is 1. The SMILES string of the molecule is O=C(O)C1CN(CC2CCCO2)C1=O. The molecule has 0 bridgehead atoms. The largest absolute Gasteiger partial charge is 0.481 e. The molecule has 1 N–H and O–H groups in total. The Hall–Kier alpha value is -1.10. The van der Waals surface area contributed by atoms with Crippen LogP contribution in [0.15, 0.2) is 0 Å². The lowest BCUT2D eigenvalue weighted by Gasteiger charge is -2.37. The van der Waals surface area contributed by atoms with E-state index in [2.05, 4.69) is 0 Å². The summed E-state index contributed by atoms with van der Waals surface area (Å²) in [6.07, 6.45) is 2.13. The molecule has 5 nitrogen and oxygen atoms in total. The van der Waals surface area contributed by atoms with E-state index in [0.29, 0.717) is 13.1 Å². The summed E-state index contributed by atoms with van der Waals surface area (Å²) in [5, 5.41) is 8.60. The summed E-state index contributed by atoms with van der Waals surface area (Å²) in [5.74, 6) is -2.09. The van der Waals surface area contributed by atoms with Crippen LogP contribution in [0.25, 0.3) is 0 Å². The van der Waals surface area contributed by atoms with E-state index in [0.717, 1.165) is 19.4 Å². The maximum atomic E-state index is 11.3. The van der Waals surface area contributed by atoms with Crippen LogP contribution in [0.1, 0.15) is 12.8 Å². The molecule has 2 saturated heterocycles. The van der Waals surface area contributed by atoms with Gasteiger partial charge in [-0.2, -0.15) is 0 Å². The van der Waals surface area contributed by atoms with Gasteiger partial charge < -0.3 is 14.7 Å². The zero-order chi connectivity index (χ0) is 10.1. The van der Waals surface area contributed by atoms with Gasteiger partial charge in [-0.05, 0) is 12.8 Å². The second-order valence-corrected chi connectivity index (χ2v) is 3.77. The Morgan fingerprint density at radius 2 is 2.43 bits per heavy atom. The molecule has 2 aliphatic heterocycles. The average Bonchev–Trinajstić information content (AvgIpc) is 2.62. The maximum absolute atomic E-state index is 11.3. The number of hydrogen-bond acceptors (Lipinski definition) is 3. The standard InChI is InChI=1S/C9H13NO4/c11-8-7(9(12)13)5-10(8)4-6-2-1-3-14-6/h6-7H,1-5H2,(H,12,13). The molecule has 0 aromatic carbocycles.